The number of aliphatic hydroxyl groups is 2. The molecule has 0 spiro atoms. The number of hydrogen-bond acceptors (Lipinski definition) is 4. The molecule has 138 valence electrons. The molecule has 0 aliphatic rings. The van der Waals surface area contributed by atoms with E-state index in [1.807, 2.05) is 0 Å². The molecule has 0 aliphatic heterocycles. The molecule has 2 atom stereocenters. The first-order valence-electron chi connectivity index (χ1n) is 9.34. The Labute approximate surface area is 141 Å². The van der Waals surface area contributed by atoms with E-state index >= 15 is 0 Å². The third kappa shape index (κ3) is 16.0. The second-order valence-corrected chi connectivity index (χ2v) is 6.59. The van der Waals surface area contributed by atoms with Crippen LogP contribution in [0.3, 0.4) is 0 Å². The van der Waals surface area contributed by atoms with E-state index in [2.05, 4.69) is 0 Å². The monoisotopic (exact) mass is 331 g/mol. The Hall–Kier alpha value is -0.650. The van der Waals surface area contributed by atoms with E-state index in [0.29, 0.717) is 12.8 Å². The van der Waals surface area contributed by atoms with Gasteiger partial charge in [0, 0.05) is 6.42 Å². The second kappa shape index (κ2) is 16.2. The van der Waals surface area contributed by atoms with E-state index < -0.39 is 18.1 Å². The minimum atomic E-state index is -0.684. The fraction of sp³-hybridized carbons (Fsp3) is 0.944. The van der Waals surface area contributed by atoms with Crippen molar-refractivity contribution in [3.05, 3.63) is 0 Å². The second-order valence-electron chi connectivity index (χ2n) is 6.59. The molecule has 0 radical (unpaired) electrons. The summed E-state index contributed by atoms with van der Waals surface area (Å²) in [6.45, 7) is -0.152. The van der Waals surface area contributed by atoms with Crippen molar-refractivity contribution in [2.45, 2.75) is 102 Å². The van der Waals surface area contributed by atoms with Gasteiger partial charge in [0.1, 0.15) is 0 Å². The molecule has 5 heteroatoms. The summed E-state index contributed by atoms with van der Waals surface area (Å²) in [5, 5.41) is 27.0. The van der Waals surface area contributed by atoms with Crippen LogP contribution in [-0.2, 0) is 4.79 Å². The van der Waals surface area contributed by atoms with Crippen LogP contribution in [0.15, 0.2) is 0 Å². The highest BCUT2D eigenvalue weighted by Crippen LogP contribution is 2.13. The van der Waals surface area contributed by atoms with E-state index in [1.165, 1.54) is 44.9 Å². The quantitative estimate of drug-likeness (QED) is 0.306. The Morgan fingerprint density at radius 2 is 1.17 bits per heavy atom. The van der Waals surface area contributed by atoms with Gasteiger partial charge in [-0.2, -0.15) is 0 Å². The first-order chi connectivity index (χ1) is 11.1. The molecule has 0 rings (SSSR count). The summed E-state index contributed by atoms with van der Waals surface area (Å²) in [6.07, 6.45) is 14.3. The third-order valence-electron chi connectivity index (χ3n) is 4.35. The number of nitrogens with two attached hydrogens (primary N) is 1. The molecular weight excluding hydrogens is 294 g/mol. The SMILES string of the molecule is N[C@@H](CO)[C@H](O)CCCCCCCCCCCCCCC(=O)O. The zero-order valence-electron chi connectivity index (χ0n) is 14.6. The number of carbonyl (C=O) groups is 1. The van der Waals surface area contributed by atoms with Gasteiger partial charge in [-0.25, -0.2) is 0 Å². The molecule has 5 N–H and O–H groups in total. The Bertz CT molecular complexity index is 274. The molecule has 0 unspecified atom stereocenters. The molecule has 23 heavy (non-hydrogen) atoms. The summed E-state index contributed by atoms with van der Waals surface area (Å²) < 4.78 is 0. The molecule has 5 nitrogen and oxygen atoms in total. The maximum absolute atomic E-state index is 10.3. The van der Waals surface area contributed by atoms with Crippen LogP contribution >= 0.6 is 0 Å². The smallest absolute Gasteiger partial charge is 0.303 e. The van der Waals surface area contributed by atoms with Crippen LogP contribution in [0.2, 0.25) is 0 Å². The Morgan fingerprint density at radius 3 is 1.57 bits per heavy atom. The maximum Gasteiger partial charge on any atom is 0.303 e. The van der Waals surface area contributed by atoms with Crippen molar-refractivity contribution in [2.24, 2.45) is 5.73 Å². The number of carboxylic acids is 1. The fourth-order valence-electron chi connectivity index (χ4n) is 2.73. The zero-order chi connectivity index (χ0) is 17.3. The molecule has 0 saturated heterocycles. The van der Waals surface area contributed by atoms with Crippen LogP contribution < -0.4 is 5.73 Å². The summed E-state index contributed by atoms with van der Waals surface area (Å²) in [4.78, 5) is 10.3. The summed E-state index contributed by atoms with van der Waals surface area (Å²) in [5.41, 5.74) is 5.55. The van der Waals surface area contributed by atoms with Gasteiger partial charge in [0.05, 0.1) is 18.8 Å². The number of aliphatic carboxylic acids is 1. The average molecular weight is 331 g/mol. The highest BCUT2D eigenvalue weighted by atomic mass is 16.4. The predicted octanol–water partition coefficient (Wildman–Crippen LogP) is 3.21. The van der Waals surface area contributed by atoms with Gasteiger partial charge in [0.2, 0.25) is 0 Å². The summed E-state index contributed by atoms with van der Waals surface area (Å²) >= 11 is 0. The number of hydrogen-bond donors (Lipinski definition) is 4. The molecule has 0 fully saturated rings. The van der Waals surface area contributed by atoms with Crippen LogP contribution in [0.25, 0.3) is 0 Å². The van der Waals surface area contributed by atoms with E-state index in [-0.39, 0.29) is 6.61 Å². The van der Waals surface area contributed by atoms with Crippen LogP contribution in [0, 0.1) is 0 Å². The Morgan fingerprint density at radius 1 is 0.783 bits per heavy atom. The van der Waals surface area contributed by atoms with Crippen molar-refractivity contribution in [1.29, 1.82) is 0 Å². The van der Waals surface area contributed by atoms with Gasteiger partial charge in [-0.05, 0) is 12.8 Å². The lowest BCUT2D eigenvalue weighted by Crippen LogP contribution is -2.37. The highest BCUT2D eigenvalue weighted by Gasteiger charge is 2.12. The molecule has 0 aromatic rings. The predicted molar refractivity (Wildman–Crippen MR) is 93.3 cm³/mol. The lowest BCUT2D eigenvalue weighted by molar-refractivity contribution is -0.137. The lowest BCUT2D eigenvalue weighted by Gasteiger charge is -2.15. The minimum Gasteiger partial charge on any atom is -0.481 e. The first-order valence-corrected chi connectivity index (χ1v) is 9.34. The van der Waals surface area contributed by atoms with Crippen molar-refractivity contribution in [1.82, 2.24) is 0 Å². The number of rotatable bonds is 17. The normalized spacial score (nSPS) is 13.9. The van der Waals surface area contributed by atoms with E-state index in [4.69, 9.17) is 15.9 Å². The largest absolute Gasteiger partial charge is 0.481 e. The molecule has 0 amide bonds. The summed E-state index contributed by atoms with van der Waals surface area (Å²) in [7, 11) is 0. The van der Waals surface area contributed by atoms with Crippen LogP contribution in [-0.4, -0.2) is 40.0 Å². The Balaban J connectivity index is 3.12. The Kier molecular flexibility index (Phi) is 15.8. The van der Waals surface area contributed by atoms with Gasteiger partial charge in [-0.3, -0.25) is 4.79 Å². The molecule has 0 saturated carbocycles. The van der Waals surface area contributed by atoms with Gasteiger partial charge in [0.25, 0.3) is 0 Å². The fourth-order valence-corrected chi connectivity index (χ4v) is 2.73. The van der Waals surface area contributed by atoms with Gasteiger partial charge >= 0.3 is 5.97 Å². The molecule has 0 aromatic carbocycles. The lowest BCUT2D eigenvalue weighted by atomic mass is 10.0. The number of carboxylic acid groups (broad SMARTS) is 1. The minimum absolute atomic E-state index is 0.152. The number of aliphatic hydroxyl groups excluding tert-OH is 2. The average Bonchev–Trinajstić information content (AvgIpc) is 2.53. The summed E-state index contributed by atoms with van der Waals surface area (Å²) in [6, 6.07) is -0.501. The van der Waals surface area contributed by atoms with Crippen molar-refractivity contribution in [3.63, 3.8) is 0 Å². The van der Waals surface area contributed by atoms with Gasteiger partial charge in [0.15, 0.2) is 0 Å². The molecular formula is C18H37NO4. The van der Waals surface area contributed by atoms with Gasteiger partial charge in [-0.1, -0.05) is 70.6 Å². The van der Waals surface area contributed by atoms with Crippen LogP contribution in [0.5, 0.6) is 0 Å². The zero-order valence-corrected chi connectivity index (χ0v) is 14.6. The first kappa shape index (κ1) is 22.4. The third-order valence-corrected chi connectivity index (χ3v) is 4.35. The van der Waals surface area contributed by atoms with Gasteiger partial charge < -0.3 is 21.1 Å². The standard InChI is InChI=1S/C18H37NO4/c19-16(15-20)17(21)13-11-9-7-5-3-1-2-4-6-8-10-12-14-18(22)23/h16-17,20-21H,1-15,19H2,(H,22,23)/t16-,17+/m0/s1. The van der Waals surface area contributed by atoms with Crippen molar-refractivity contribution >= 4 is 5.97 Å². The maximum atomic E-state index is 10.3. The molecule has 0 bridgehead atoms. The van der Waals surface area contributed by atoms with Crippen LogP contribution in [0.1, 0.15) is 89.9 Å². The molecule has 0 aliphatic carbocycles. The highest BCUT2D eigenvalue weighted by molar-refractivity contribution is 5.66. The van der Waals surface area contributed by atoms with E-state index in [0.717, 1.165) is 32.1 Å². The van der Waals surface area contributed by atoms with Crippen molar-refractivity contribution in [3.8, 4) is 0 Å². The van der Waals surface area contributed by atoms with Gasteiger partial charge in [-0.15, -0.1) is 0 Å². The van der Waals surface area contributed by atoms with Crippen molar-refractivity contribution < 1.29 is 20.1 Å². The molecule has 0 aromatic heterocycles. The summed E-state index contributed by atoms with van der Waals surface area (Å²) in [5.74, 6) is -0.684. The van der Waals surface area contributed by atoms with Crippen molar-refractivity contribution in [2.75, 3.05) is 6.61 Å². The van der Waals surface area contributed by atoms with E-state index in [1.54, 1.807) is 0 Å². The molecule has 0 heterocycles. The topological polar surface area (TPSA) is 104 Å². The van der Waals surface area contributed by atoms with Crippen LogP contribution in [0.4, 0.5) is 0 Å². The van der Waals surface area contributed by atoms with E-state index in [9.17, 15) is 9.90 Å². The number of unbranched alkanes of at least 4 members (excludes halogenated alkanes) is 11.